The van der Waals surface area contributed by atoms with Crippen molar-refractivity contribution in [3.05, 3.63) is 101 Å². The molecular formula is C31H27F3N4O3S. The Balaban J connectivity index is 1.29. The Labute approximate surface area is 245 Å². The number of nitrogens with zero attached hydrogens (tertiary/aromatic N) is 4. The number of hydrogen-bond acceptors (Lipinski definition) is 6. The number of aliphatic imine (C=N–C) groups is 1. The number of carbonyl (C=O) groups is 3. The molecule has 5 rings (SSSR count). The van der Waals surface area contributed by atoms with Crippen LogP contribution in [0.25, 0.3) is 6.08 Å². The number of ketones is 1. The lowest BCUT2D eigenvalue weighted by molar-refractivity contribution is -0.137. The van der Waals surface area contributed by atoms with E-state index in [-0.39, 0.29) is 33.9 Å². The summed E-state index contributed by atoms with van der Waals surface area (Å²) in [7, 11) is 0. The number of halogens is 3. The van der Waals surface area contributed by atoms with Crippen molar-refractivity contribution >= 4 is 52.0 Å². The number of rotatable bonds is 6. The Morgan fingerprint density at radius 3 is 2.17 bits per heavy atom. The molecular weight excluding hydrogens is 565 g/mol. The van der Waals surface area contributed by atoms with Gasteiger partial charge in [0.15, 0.2) is 11.0 Å². The Morgan fingerprint density at radius 2 is 1.52 bits per heavy atom. The molecule has 0 bridgehead atoms. The third-order valence-electron chi connectivity index (χ3n) is 7.00. The Bertz CT molecular complexity index is 1550. The molecule has 0 aromatic heterocycles. The summed E-state index contributed by atoms with van der Waals surface area (Å²) in [5, 5.41) is 0.222. The number of thioether (sulfide) groups is 1. The number of para-hydroxylation sites is 1. The van der Waals surface area contributed by atoms with Crippen molar-refractivity contribution in [3.63, 3.8) is 0 Å². The zero-order chi connectivity index (χ0) is 29.9. The van der Waals surface area contributed by atoms with Crippen molar-refractivity contribution in [2.75, 3.05) is 41.7 Å². The van der Waals surface area contributed by atoms with Gasteiger partial charge in [0.1, 0.15) is 5.70 Å². The summed E-state index contributed by atoms with van der Waals surface area (Å²) < 4.78 is 40.7. The van der Waals surface area contributed by atoms with Crippen molar-refractivity contribution in [2.45, 2.75) is 13.1 Å². The van der Waals surface area contributed by atoms with Crippen molar-refractivity contribution in [2.24, 2.45) is 4.99 Å². The zero-order valence-electron chi connectivity index (χ0n) is 22.7. The van der Waals surface area contributed by atoms with E-state index in [9.17, 15) is 27.6 Å². The van der Waals surface area contributed by atoms with Gasteiger partial charge >= 0.3 is 6.18 Å². The predicted octanol–water partition coefficient (Wildman–Crippen LogP) is 5.73. The summed E-state index contributed by atoms with van der Waals surface area (Å²) >= 11 is 1.07. The highest BCUT2D eigenvalue weighted by Gasteiger charge is 2.36. The largest absolute Gasteiger partial charge is 0.416 e. The fraction of sp³-hybridized carbons (Fsp3) is 0.226. The van der Waals surface area contributed by atoms with E-state index in [1.54, 1.807) is 47.4 Å². The van der Waals surface area contributed by atoms with Crippen molar-refractivity contribution in [3.8, 4) is 0 Å². The fourth-order valence-corrected chi connectivity index (χ4v) is 5.68. The number of hydrogen-bond donors (Lipinski definition) is 0. The first-order chi connectivity index (χ1) is 20.1. The van der Waals surface area contributed by atoms with Crippen molar-refractivity contribution in [1.82, 2.24) is 4.90 Å². The van der Waals surface area contributed by atoms with Crippen LogP contribution in [0.4, 0.5) is 24.5 Å². The molecule has 11 heteroatoms. The van der Waals surface area contributed by atoms with Gasteiger partial charge in [0.25, 0.3) is 5.91 Å². The molecule has 42 heavy (non-hydrogen) atoms. The molecule has 2 heterocycles. The average molecular weight is 593 g/mol. The van der Waals surface area contributed by atoms with E-state index in [0.717, 1.165) is 29.6 Å². The van der Waals surface area contributed by atoms with Gasteiger partial charge in [0.05, 0.1) is 17.0 Å². The van der Waals surface area contributed by atoms with Crippen LogP contribution in [0.5, 0.6) is 0 Å². The zero-order valence-corrected chi connectivity index (χ0v) is 23.5. The molecule has 0 atom stereocenters. The van der Waals surface area contributed by atoms with Gasteiger partial charge in [-0.1, -0.05) is 48.2 Å². The van der Waals surface area contributed by atoms with Crippen molar-refractivity contribution in [1.29, 1.82) is 0 Å². The van der Waals surface area contributed by atoms with Gasteiger partial charge in [0.2, 0.25) is 5.91 Å². The van der Waals surface area contributed by atoms with E-state index in [4.69, 9.17) is 0 Å². The molecule has 2 amide bonds. The van der Waals surface area contributed by atoms with E-state index in [0.29, 0.717) is 37.4 Å². The predicted molar refractivity (Wildman–Crippen MR) is 158 cm³/mol. The van der Waals surface area contributed by atoms with Crippen LogP contribution < -0.4 is 9.80 Å². The highest BCUT2D eigenvalue weighted by atomic mass is 32.2. The molecule has 0 unspecified atom stereocenters. The maximum Gasteiger partial charge on any atom is 0.416 e. The molecule has 1 saturated heterocycles. The Kier molecular flexibility index (Phi) is 8.49. The third-order valence-corrected chi connectivity index (χ3v) is 7.92. The number of amides is 2. The summed E-state index contributed by atoms with van der Waals surface area (Å²) in [5.41, 5.74) is 0.946. The summed E-state index contributed by atoms with van der Waals surface area (Å²) in [6.07, 6.45) is -3.46. The third kappa shape index (κ3) is 6.41. The molecule has 3 aromatic carbocycles. The number of piperazine rings is 1. The minimum atomic E-state index is -4.59. The van der Waals surface area contributed by atoms with Crippen LogP contribution in [0.15, 0.2) is 89.6 Å². The van der Waals surface area contributed by atoms with Gasteiger partial charge in [-0.2, -0.15) is 13.2 Å². The average Bonchev–Trinajstić information content (AvgIpc) is 3.30. The highest BCUT2D eigenvalue weighted by molar-refractivity contribution is 8.14. The summed E-state index contributed by atoms with van der Waals surface area (Å²) in [6, 6.07) is 21.0. The highest BCUT2D eigenvalue weighted by Crippen LogP contribution is 2.35. The second-order valence-corrected chi connectivity index (χ2v) is 10.7. The maximum atomic E-state index is 13.6. The van der Waals surface area contributed by atoms with Gasteiger partial charge in [-0.3, -0.25) is 19.3 Å². The molecule has 3 aromatic rings. The number of amidine groups is 1. The number of anilines is 2. The van der Waals surface area contributed by atoms with Gasteiger partial charge in [-0.15, -0.1) is 0 Å². The van der Waals surface area contributed by atoms with Gasteiger partial charge in [-0.25, -0.2) is 4.99 Å². The van der Waals surface area contributed by atoms with Crippen LogP contribution in [0.1, 0.15) is 28.4 Å². The first-order valence-corrected chi connectivity index (χ1v) is 14.2. The molecule has 0 saturated carbocycles. The topological polar surface area (TPSA) is 73.3 Å². The quantitative estimate of drug-likeness (QED) is 0.270. The van der Waals surface area contributed by atoms with Crippen LogP contribution in [0, 0.1) is 0 Å². The Hall–Kier alpha value is -4.38. The van der Waals surface area contributed by atoms with Crippen molar-refractivity contribution < 1.29 is 27.6 Å². The molecule has 216 valence electrons. The second-order valence-electron chi connectivity index (χ2n) is 9.74. The SMILES string of the molecule is CC(=O)c1ccc(N2CCN(C(=O)CSC3=N/C(=C/c4ccccc4C(F)(F)F)C(=O)N3c3ccccc3)CC2)cc1. The standard InChI is InChI=1S/C31H27F3N4O3S/c1-21(39)22-11-13-24(14-12-22)36-15-17-37(18-16-36)28(40)20-42-30-35-27(29(41)38(30)25-8-3-2-4-9-25)19-23-7-5-6-10-26(23)31(32,33)34/h2-14,19H,15-18,20H2,1H3/b27-19+. The molecule has 0 N–H and O–H groups in total. The van der Waals surface area contributed by atoms with E-state index in [2.05, 4.69) is 9.89 Å². The maximum absolute atomic E-state index is 13.6. The first-order valence-electron chi connectivity index (χ1n) is 13.2. The normalized spacial score (nSPS) is 16.7. The van der Waals surface area contributed by atoms with Crippen LogP contribution in [0.3, 0.4) is 0 Å². The smallest absolute Gasteiger partial charge is 0.368 e. The molecule has 0 aliphatic carbocycles. The van der Waals surface area contributed by atoms with Crippen LogP contribution in [-0.4, -0.2) is 59.6 Å². The molecule has 1 fully saturated rings. The summed E-state index contributed by atoms with van der Waals surface area (Å²) in [5.74, 6) is -0.690. The number of Topliss-reactive ketones (excluding diaryl/α,β-unsaturated/α-hetero) is 1. The number of benzene rings is 3. The van der Waals surface area contributed by atoms with Crippen LogP contribution in [-0.2, 0) is 15.8 Å². The summed E-state index contributed by atoms with van der Waals surface area (Å²) in [4.78, 5) is 47.6. The molecule has 2 aliphatic heterocycles. The fourth-order valence-electron chi connectivity index (χ4n) is 4.76. The van der Waals surface area contributed by atoms with E-state index >= 15 is 0 Å². The first kappa shape index (κ1) is 29.1. The lowest BCUT2D eigenvalue weighted by atomic mass is 10.1. The Morgan fingerprint density at radius 1 is 0.881 bits per heavy atom. The van der Waals surface area contributed by atoms with Gasteiger partial charge in [0, 0.05) is 37.4 Å². The lowest BCUT2D eigenvalue weighted by Crippen LogP contribution is -2.49. The number of carbonyl (C=O) groups excluding carboxylic acids is 3. The van der Waals surface area contributed by atoms with E-state index < -0.39 is 17.6 Å². The van der Waals surface area contributed by atoms with E-state index in [1.807, 2.05) is 12.1 Å². The minimum Gasteiger partial charge on any atom is -0.368 e. The molecule has 2 aliphatic rings. The molecule has 0 radical (unpaired) electrons. The van der Waals surface area contributed by atoms with Crippen LogP contribution >= 0.6 is 11.8 Å². The minimum absolute atomic E-state index is 0.00241. The lowest BCUT2D eigenvalue weighted by Gasteiger charge is -2.36. The molecule has 0 spiro atoms. The second kappa shape index (κ2) is 12.2. The van der Waals surface area contributed by atoms with Gasteiger partial charge < -0.3 is 9.80 Å². The monoisotopic (exact) mass is 592 g/mol. The molecule has 7 nitrogen and oxygen atoms in total. The van der Waals surface area contributed by atoms with E-state index in [1.165, 1.54) is 30.0 Å². The van der Waals surface area contributed by atoms with Crippen LogP contribution in [0.2, 0.25) is 0 Å². The summed E-state index contributed by atoms with van der Waals surface area (Å²) in [6.45, 7) is 3.77. The van der Waals surface area contributed by atoms with Gasteiger partial charge in [-0.05, 0) is 61.0 Å². The number of alkyl halides is 3.